The van der Waals surface area contributed by atoms with Crippen molar-refractivity contribution in [1.82, 2.24) is 4.98 Å². The number of nitro groups is 1. The van der Waals surface area contributed by atoms with Crippen molar-refractivity contribution in [3.05, 3.63) is 27.9 Å². The number of aliphatic hydroxyl groups excluding tert-OH is 1. The summed E-state index contributed by atoms with van der Waals surface area (Å²) in [6, 6.07) is 3.03. The van der Waals surface area contributed by atoms with E-state index in [4.69, 9.17) is 0 Å². The van der Waals surface area contributed by atoms with Crippen LogP contribution in [0.1, 0.15) is 31.4 Å². The van der Waals surface area contributed by atoms with Crippen molar-refractivity contribution < 1.29 is 10.0 Å². The largest absolute Gasteiger partial charge is 0.391 e. The molecule has 0 amide bonds. The highest BCUT2D eigenvalue weighted by Crippen LogP contribution is 2.23. The van der Waals surface area contributed by atoms with Crippen molar-refractivity contribution in [3.63, 3.8) is 0 Å². The highest BCUT2D eigenvalue weighted by molar-refractivity contribution is 5.45. The average Bonchev–Trinajstić information content (AvgIpc) is 2.32. The molecule has 2 atom stereocenters. The van der Waals surface area contributed by atoms with Gasteiger partial charge in [-0.1, -0.05) is 12.8 Å². The van der Waals surface area contributed by atoms with Crippen LogP contribution in [0.2, 0.25) is 0 Å². The van der Waals surface area contributed by atoms with E-state index in [0.717, 1.165) is 25.7 Å². The van der Waals surface area contributed by atoms with Crippen molar-refractivity contribution in [2.45, 2.75) is 44.8 Å². The molecule has 98 valence electrons. The third kappa shape index (κ3) is 2.76. The van der Waals surface area contributed by atoms with E-state index >= 15 is 0 Å². The van der Waals surface area contributed by atoms with Crippen molar-refractivity contribution in [1.29, 1.82) is 0 Å². The standard InChI is InChI=1S/C12H17N3O3/c1-8-10(15(17)18)6-7-12(13-8)14-9-4-2-3-5-11(9)16/h6-7,9,11,16H,2-5H2,1H3,(H,13,14)/t9-,11-/m0/s1. The third-order valence-corrected chi connectivity index (χ3v) is 3.32. The van der Waals surface area contributed by atoms with Crippen LogP contribution >= 0.6 is 0 Å². The van der Waals surface area contributed by atoms with Gasteiger partial charge in [-0.25, -0.2) is 4.98 Å². The van der Waals surface area contributed by atoms with Gasteiger partial charge in [-0.15, -0.1) is 0 Å². The minimum absolute atomic E-state index is 0.00731. The molecule has 6 heteroatoms. The maximum Gasteiger partial charge on any atom is 0.290 e. The third-order valence-electron chi connectivity index (χ3n) is 3.32. The lowest BCUT2D eigenvalue weighted by atomic mass is 9.92. The lowest BCUT2D eigenvalue weighted by molar-refractivity contribution is -0.385. The highest BCUT2D eigenvalue weighted by atomic mass is 16.6. The van der Waals surface area contributed by atoms with E-state index < -0.39 is 4.92 Å². The van der Waals surface area contributed by atoms with E-state index in [0.29, 0.717) is 11.5 Å². The van der Waals surface area contributed by atoms with E-state index in [1.165, 1.54) is 6.07 Å². The maximum atomic E-state index is 10.7. The van der Waals surface area contributed by atoms with Gasteiger partial charge in [-0.2, -0.15) is 0 Å². The molecule has 0 unspecified atom stereocenters. The minimum Gasteiger partial charge on any atom is -0.391 e. The van der Waals surface area contributed by atoms with Crippen LogP contribution < -0.4 is 5.32 Å². The van der Waals surface area contributed by atoms with Crippen molar-refractivity contribution in [2.24, 2.45) is 0 Å². The van der Waals surface area contributed by atoms with Gasteiger partial charge in [0.25, 0.3) is 5.69 Å². The number of aromatic nitrogens is 1. The maximum absolute atomic E-state index is 10.7. The van der Waals surface area contributed by atoms with Gasteiger partial charge in [0, 0.05) is 6.07 Å². The molecule has 1 aliphatic carbocycles. The molecule has 0 radical (unpaired) electrons. The van der Waals surface area contributed by atoms with Crippen LogP contribution in [-0.2, 0) is 0 Å². The normalized spacial score (nSPS) is 23.7. The molecule has 18 heavy (non-hydrogen) atoms. The Bertz CT molecular complexity index is 450. The average molecular weight is 251 g/mol. The number of hydrogen-bond donors (Lipinski definition) is 2. The Morgan fingerprint density at radius 1 is 1.44 bits per heavy atom. The summed E-state index contributed by atoms with van der Waals surface area (Å²) in [6.45, 7) is 1.61. The molecule has 1 aliphatic rings. The number of anilines is 1. The molecule has 0 aliphatic heterocycles. The zero-order chi connectivity index (χ0) is 13.1. The lowest BCUT2D eigenvalue weighted by Crippen LogP contribution is -2.36. The topological polar surface area (TPSA) is 88.3 Å². The summed E-state index contributed by atoms with van der Waals surface area (Å²) in [5.74, 6) is 0.587. The minimum atomic E-state index is -0.443. The Balaban J connectivity index is 2.10. The first kappa shape index (κ1) is 12.8. The van der Waals surface area contributed by atoms with Crippen LogP contribution in [0.3, 0.4) is 0 Å². The number of nitrogens with one attached hydrogen (secondary N) is 1. The molecule has 0 saturated heterocycles. The second kappa shape index (κ2) is 5.30. The molecule has 1 aromatic rings. The van der Waals surface area contributed by atoms with E-state index in [2.05, 4.69) is 10.3 Å². The quantitative estimate of drug-likeness (QED) is 0.633. The summed E-state index contributed by atoms with van der Waals surface area (Å²) in [7, 11) is 0. The molecule has 0 bridgehead atoms. The van der Waals surface area contributed by atoms with Gasteiger partial charge in [0.1, 0.15) is 11.5 Å². The number of aliphatic hydroxyl groups is 1. The molecule has 1 heterocycles. The zero-order valence-corrected chi connectivity index (χ0v) is 10.3. The van der Waals surface area contributed by atoms with Crippen molar-refractivity contribution >= 4 is 11.5 Å². The van der Waals surface area contributed by atoms with Crippen LogP contribution in [0.25, 0.3) is 0 Å². The summed E-state index contributed by atoms with van der Waals surface area (Å²) in [5.41, 5.74) is 0.403. The number of pyridine rings is 1. The van der Waals surface area contributed by atoms with E-state index in [1.807, 2.05) is 0 Å². The van der Waals surface area contributed by atoms with Crippen LogP contribution in [0.15, 0.2) is 12.1 Å². The van der Waals surface area contributed by atoms with Gasteiger partial charge in [0.05, 0.1) is 17.1 Å². The first-order valence-electron chi connectivity index (χ1n) is 6.14. The molecule has 0 spiro atoms. The predicted molar refractivity (Wildman–Crippen MR) is 67.5 cm³/mol. The molecule has 6 nitrogen and oxygen atoms in total. The Labute approximate surface area is 105 Å². The summed E-state index contributed by atoms with van der Waals surface area (Å²) in [5, 5.41) is 23.7. The number of aryl methyl sites for hydroxylation is 1. The fourth-order valence-electron chi connectivity index (χ4n) is 2.30. The van der Waals surface area contributed by atoms with E-state index in [-0.39, 0.29) is 17.8 Å². The molecular formula is C12H17N3O3. The summed E-state index contributed by atoms with van der Waals surface area (Å²) in [4.78, 5) is 14.4. The van der Waals surface area contributed by atoms with Gasteiger partial charge in [-0.3, -0.25) is 10.1 Å². The fourth-order valence-corrected chi connectivity index (χ4v) is 2.30. The number of nitrogens with zero attached hydrogens (tertiary/aromatic N) is 2. The van der Waals surface area contributed by atoms with Crippen molar-refractivity contribution in [2.75, 3.05) is 5.32 Å². The van der Waals surface area contributed by atoms with Crippen LogP contribution in [0, 0.1) is 17.0 Å². The fraction of sp³-hybridized carbons (Fsp3) is 0.583. The predicted octanol–water partition coefficient (Wildman–Crippen LogP) is 2.01. The van der Waals surface area contributed by atoms with Crippen LogP contribution in [0.4, 0.5) is 11.5 Å². The summed E-state index contributed by atoms with van der Waals surface area (Å²) < 4.78 is 0. The second-order valence-electron chi connectivity index (χ2n) is 4.66. The lowest BCUT2D eigenvalue weighted by Gasteiger charge is -2.28. The smallest absolute Gasteiger partial charge is 0.290 e. The number of rotatable bonds is 3. The summed E-state index contributed by atoms with van der Waals surface area (Å²) >= 11 is 0. The second-order valence-corrected chi connectivity index (χ2v) is 4.66. The summed E-state index contributed by atoms with van der Waals surface area (Å²) in [6.07, 6.45) is 3.46. The molecule has 1 saturated carbocycles. The monoisotopic (exact) mass is 251 g/mol. The molecule has 0 aromatic carbocycles. The van der Waals surface area contributed by atoms with Crippen LogP contribution in [-0.4, -0.2) is 27.2 Å². The first-order chi connectivity index (χ1) is 8.58. The van der Waals surface area contributed by atoms with Crippen LogP contribution in [0.5, 0.6) is 0 Å². The number of hydrogen-bond acceptors (Lipinski definition) is 5. The Morgan fingerprint density at radius 3 is 2.78 bits per heavy atom. The molecule has 1 aromatic heterocycles. The molecular weight excluding hydrogens is 234 g/mol. The molecule has 1 fully saturated rings. The first-order valence-corrected chi connectivity index (χ1v) is 6.14. The Kier molecular flexibility index (Phi) is 3.76. The molecule has 2 rings (SSSR count). The Morgan fingerprint density at radius 2 is 2.17 bits per heavy atom. The van der Waals surface area contributed by atoms with Gasteiger partial charge in [0.15, 0.2) is 0 Å². The zero-order valence-electron chi connectivity index (χ0n) is 10.3. The van der Waals surface area contributed by atoms with Gasteiger partial charge in [-0.05, 0) is 25.8 Å². The van der Waals surface area contributed by atoms with Crippen molar-refractivity contribution in [3.8, 4) is 0 Å². The van der Waals surface area contributed by atoms with Gasteiger partial charge >= 0.3 is 0 Å². The van der Waals surface area contributed by atoms with Gasteiger partial charge in [0.2, 0.25) is 0 Å². The molecule has 2 N–H and O–H groups in total. The van der Waals surface area contributed by atoms with Gasteiger partial charge < -0.3 is 10.4 Å². The SMILES string of the molecule is Cc1nc(N[C@H]2CCCC[C@@H]2O)ccc1[N+](=O)[O-]. The van der Waals surface area contributed by atoms with E-state index in [1.54, 1.807) is 13.0 Å². The highest BCUT2D eigenvalue weighted by Gasteiger charge is 2.23. The van der Waals surface area contributed by atoms with E-state index in [9.17, 15) is 15.2 Å². The Hall–Kier alpha value is -1.69.